The first-order valence-corrected chi connectivity index (χ1v) is 8.27. The molecule has 2 rings (SSSR count). The maximum absolute atomic E-state index is 13.6. The molecular formula is C14H17FN2O3S. The van der Waals surface area contributed by atoms with Gasteiger partial charge in [0.25, 0.3) is 0 Å². The zero-order chi connectivity index (χ0) is 15.5. The number of sulfonamides is 1. The van der Waals surface area contributed by atoms with Crippen molar-refractivity contribution in [1.82, 2.24) is 4.31 Å². The Morgan fingerprint density at radius 2 is 2.24 bits per heavy atom. The summed E-state index contributed by atoms with van der Waals surface area (Å²) in [6, 6.07) is 5.06. The Morgan fingerprint density at radius 1 is 1.48 bits per heavy atom. The average molecular weight is 312 g/mol. The second-order valence-electron chi connectivity index (χ2n) is 5.00. The Bertz CT molecular complexity index is 655. The summed E-state index contributed by atoms with van der Waals surface area (Å²) in [6.07, 6.45) is 2.53. The van der Waals surface area contributed by atoms with E-state index < -0.39 is 21.4 Å². The van der Waals surface area contributed by atoms with Gasteiger partial charge in [0.1, 0.15) is 22.3 Å². The minimum atomic E-state index is -3.89. The van der Waals surface area contributed by atoms with Crippen LogP contribution < -0.4 is 0 Å². The Kier molecular flexibility index (Phi) is 4.93. The van der Waals surface area contributed by atoms with Crippen LogP contribution in [0.2, 0.25) is 0 Å². The van der Waals surface area contributed by atoms with Gasteiger partial charge in [0.15, 0.2) is 0 Å². The zero-order valence-corrected chi connectivity index (χ0v) is 12.3. The van der Waals surface area contributed by atoms with Gasteiger partial charge in [-0.1, -0.05) is 6.07 Å². The first-order chi connectivity index (χ1) is 10.0. The molecule has 0 spiro atoms. The summed E-state index contributed by atoms with van der Waals surface area (Å²) in [5, 5.41) is 17.9. The van der Waals surface area contributed by atoms with E-state index in [9.17, 15) is 12.8 Å². The van der Waals surface area contributed by atoms with E-state index in [0.717, 1.165) is 18.9 Å². The second-order valence-corrected chi connectivity index (χ2v) is 6.86. The maximum atomic E-state index is 13.6. The molecule has 1 aliphatic rings. The Balaban J connectivity index is 2.38. The summed E-state index contributed by atoms with van der Waals surface area (Å²) in [7, 11) is -3.89. The predicted molar refractivity (Wildman–Crippen MR) is 74.3 cm³/mol. The van der Waals surface area contributed by atoms with Crippen molar-refractivity contribution in [3.05, 3.63) is 29.6 Å². The van der Waals surface area contributed by atoms with Crippen molar-refractivity contribution in [2.45, 2.75) is 36.6 Å². The first-order valence-electron chi connectivity index (χ1n) is 6.83. The van der Waals surface area contributed by atoms with Gasteiger partial charge in [-0.3, -0.25) is 0 Å². The van der Waals surface area contributed by atoms with Gasteiger partial charge in [0, 0.05) is 19.2 Å². The summed E-state index contributed by atoms with van der Waals surface area (Å²) in [6.45, 7) is 0.369. The molecule has 1 unspecified atom stereocenters. The van der Waals surface area contributed by atoms with E-state index in [2.05, 4.69) is 0 Å². The number of hydrogen-bond donors (Lipinski definition) is 1. The van der Waals surface area contributed by atoms with E-state index in [-0.39, 0.29) is 17.5 Å². The molecule has 1 heterocycles. The molecule has 0 aromatic heterocycles. The SMILES string of the molecule is N#Cc1c(F)cccc1S(=O)(=O)N1CCCC1CCCO. The molecule has 0 saturated carbocycles. The molecule has 0 amide bonds. The van der Waals surface area contributed by atoms with Crippen molar-refractivity contribution >= 4 is 10.0 Å². The third kappa shape index (κ3) is 3.07. The molecule has 1 saturated heterocycles. The number of nitriles is 1. The summed E-state index contributed by atoms with van der Waals surface area (Å²) in [5.74, 6) is -0.829. The highest BCUT2D eigenvalue weighted by Gasteiger charge is 2.36. The number of nitrogens with zero attached hydrogens (tertiary/aromatic N) is 2. The molecule has 0 aliphatic carbocycles. The van der Waals surface area contributed by atoms with E-state index in [4.69, 9.17) is 10.4 Å². The van der Waals surface area contributed by atoms with Crippen LogP contribution in [0, 0.1) is 17.1 Å². The number of benzene rings is 1. The van der Waals surface area contributed by atoms with Crippen molar-refractivity contribution in [3.63, 3.8) is 0 Å². The van der Waals surface area contributed by atoms with Gasteiger partial charge >= 0.3 is 0 Å². The highest BCUT2D eigenvalue weighted by Crippen LogP contribution is 2.30. The number of halogens is 1. The molecule has 21 heavy (non-hydrogen) atoms. The number of hydrogen-bond acceptors (Lipinski definition) is 4. The van der Waals surface area contributed by atoms with Crippen LogP contribution in [0.5, 0.6) is 0 Å². The lowest BCUT2D eigenvalue weighted by Crippen LogP contribution is -2.36. The predicted octanol–water partition coefficient (Wildman–Crippen LogP) is 1.62. The molecule has 5 nitrogen and oxygen atoms in total. The van der Waals surface area contributed by atoms with Crippen molar-refractivity contribution in [2.24, 2.45) is 0 Å². The third-order valence-corrected chi connectivity index (χ3v) is 5.69. The van der Waals surface area contributed by atoms with E-state index in [1.807, 2.05) is 0 Å². The fourth-order valence-electron chi connectivity index (χ4n) is 2.70. The van der Waals surface area contributed by atoms with Crippen LogP contribution in [-0.2, 0) is 10.0 Å². The molecular weight excluding hydrogens is 295 g/mol. The molecule has 1 N–H and O–H groups in total. The summed E-state index contributed by atoms with van der Waals surface area (Å²) in [4.78, 5) is -0.277. The van der Waals surface area contributed by atoms with E-state index >= 15 is 0 Å². The van der Waals surface area contributed by atoms with E-state index in [1.165, 1.54) is 16.4 Å². The van der Waals surface area contributed by atoms with Crippen LogP contribution in [0.15, 0.2) is 23.1 Å². The van der Waals surface area contributed by atoms with Crippen LogP contribution in [0.4, 0.5) is 4.39 Å². The summed E-state index contributed by atoms with van der Waals surface area (Å²) < 4.78 is 40.3. The van der Waals surface area contributed by atoms with Gasteiger partial charge in [0.05, 0.1) is 0 Å². The van der Waals surface area contributed by atoms with Gasteiger partial charge in [-0.2, -0.15) is 9.57 Å². The molecule has 0 bridgehead atoms. The molecule has 7 heteroatoms. The topological polar surface area (TPSA) is 81.4 Å². The second kappa shape index (κ2) is 6.52. The van der Waals surface area contributed by atoms with Gasteiger partial charge < -0.3 is 5.11 Å². The standard InChI is InChI=1S/C14H17FN2O3S/c15-13-6-1-7-14(12(13)10-16)21(19,20)17-8-2-4-11(17)5-3-9-18/h1,6-7,11,18H,2-5,8-9H2. The van der Waals surface area contributed by atoms with Crippen LogP contribution >= 0.6 is 0 Å². The van der Waals surface area contributed by atoms with Crippen molar-refractivity contribution in [2.75, 3.05) is 13.2 Å². The molecule has 0 radical (unpaired) electrons. The highest BCUT2D eigenvalue weighted by molar-refractivity contribution is 7.89. The molecule has 1 aromatic carbocycles. The van der Waals surface area contributed by atoms with Crippen molar-refractivity contribution in [3.8, 4) is 6.07 Å². The number of aliphatic hydroxyl groups excluding tert-OH is 1. The summed E-state index contributed by atoms with van der Waals surface area (Å²) >= 11 is 0. The Morgan fingerprint density at radius 3 is 2.90 bits per heavy atom. The number of rotatable bonds is 5. The molecule has 1 fully saturated rings. The van der Waals surface area contributed by atoms with Gasteiger partial charge in [-0.15, -0.1) is 0 Å². The summed E-state index contributed by atoms with van der Waals surface area (Å²) in [5.41, 5.74) is -0.440. The van der Waals surface area contributed by atoms with Crippen molar-refractivity contribution < 1.29 is 17.9 Å². The molecule has 1 aromatic rings. The largest absolute Gasteiger partial charge is 0.396 e. The fraction of sp³-hybridized carbons (Fsp3) is 0.500. The molecule has 1 aliphatic heterocycles. The average Bonchev–Trinajstić information content (AvgIpc) is 2.94. The Labute approximate surface area is 123 Å². The third-order valence-electron chi connectivity index (χ3n) is 3.69. The fourth-order valence-corrected chi connectivity index (χ4v) is 4.57. The van der Waals surface area contributed by atoms with Crippen LogP contribution in [0.1, 0.15) is 31.2 Å². The van der Waals surface area contributed by atoms with Gasteiger partial charge in [-0.25, -0.2) is 12.8 Å². The minimum absolute atomic E-state index is 0.00774. The number of aliphatic hydroxyl groups is 1. The smallest absolute Gasteiger partial charge is 0.244 e. The van der Waals surface area contributed by atoms with Gasteiger partial charge in [-0.05, 0) is 37.8 Å². The van der Waals surface area contributed by atoms with Gasteiger partial charge in [0.2, 0.25) is 10.0 Å². The molecule has 114 valence electrons. The normalized spacial score (nSPS) is 19.6. The maximum Gasteiger partial charge on any atom is 0.244 e. The lowest BCUT2D eigenvalue weighted by molar-refractivity contribution is 0.264. The Hall–Kier alpha value is -1.49. The minimum Gasteiger partial charge on any atom is -0.396 e. The van der Waals surface area contributed by atoms with Crippen LogP contribution in [0.25, 0.3) is 0 Å². The van der Waals surface area contributed by atoms with Crippen LogP contribution in [-0.4, -0.2) is 37.0 Å². The first kappa shape index (κ1) is 15.9. The molecule has 1 atom stereocenters. The quantitative estimate of drug-likeness (QED) is 0.896. The zero-order valence-electron chi connectivity index (χ0n) is 11.5. The lowest BCUT2D eigenvalue weighted by atomic mass is 10.1. The monoisotopic (exact) mass is 312 g/mol. The lowest BCUT2D eigenvalue weighted by Gasteiger charge is -2.24. The van der Waals surface area contributed by atoms with Crippen LogP contribution in [0.3, 0.4) is 0 Å². The highest BCUT2D eigenvalue weighted by atomic mass is 32.2. The van der Waals surface area contributed by atoms with E-state index in [1.54, 1.807) is 6.07 Å². The van der Waals surface area contributed by atoms with E-state index in [0.29, 0.717) is 19.4 Å². The van der Waals surface area contributed by atoms with Crippen molar-refractivity contribution in [1.29, 1.82) is 5.26 Å².